The van der Waals surface area contributed by atoms with Crippen molar-refractivity contribution in [3.05, 3.63) is 30.1 Å². The molecule has 0 fully saturated rings. The lowest BCUT2D eigenvalue weighted by Crippen LogP contribution is -2.27. The first-order valence-corrected chi connectivity index (χ1v) is 5.57. The van der Waals surface area contributed by atoms with E-state index in [9.17, 15) is 9.18 Å². The summed E-state index contributed by atoms with van der Waals surface area (Å²) >= 11 is 0. The third kappa shape index (κ3) is 7.09. The van der Waals surface area contributed by atoms with Gasteiger partial charge in [0, 0.05) is 6.54 Å². The number of carbonyl (C=O) groups is 1. The third-order valence-corrected chi connectivity index (χ3v) is 2.11. The lowest BCUT2D eigenvalue weighted by molar-refractivity contribution is -0.121. The average Bonchev–Trinajstić information content (AvgIpc) is 2.32. The SMILES string of the molecule is Cl.NCCCNC(=O)CCOc1ccc(F)cc1. The minimum absolute atomic E-state index is 0. The van der Waals surface area contributed by atoms with Gasteiger partial charge in [0.1, 0.15) is 11.6 Å². The van der Waals surface area contributed by atoms with Gasteiger partial charge in [0.05, 0.1) is 13.0 Å². The number of ether oxygens (including phenoxy) is 1. The van der Waals surface area contributed by atoms with Gasteiger partial charge >= 0.3 is 0 Å². The second-order valence-electron chi connectivity index (χ2n) is 3.54. The van der Waals surface area contributed by atoms with Crippen molar-refractivity contribution < 1.29 is 13.9 Å². The minimum Gasteiger partial charge on any atom is -0.493 e. The van der Waals surface area contributed by atoms with Crippen molar-refractivity contribution in [1.82, 2.24) is 5.32 Å². The molecule has 1 aromatic carbocycles. The van der Waals surface area contributed by atoms with Crippen molar-refractivity contribution in [3.63, 3.8) is 0 Å². The molecule has 0 atom stereocenters. The van der Waals surface area contributed by atoms with Crippen LogP contribution in [0.1, 0.15) is 12.8 Å². The van der Waals surface area contributed by atoms with Gasteiger partial charge in [0.2, 0.25) is 5.91 Å². The molecule has 0 aliphatic heterocycles. The van der Waals surface area contributed by atoms with Crippen LogP contribution in [0.3, 0.4) is 0 Å². The van der Waals surface area contributed by atoms with Crippen molar-refractivity contribution in [2.45, 2.75) is 12.8 Å². The Balaban J connectivity index is 0.00000289. The normalized spacial score (nSPS) is 9.44. The fraction of sp³-hybridized carbons (Fsp3) is 0.417. The highest BCUT2D eigenvalue weighted by Crippen LogP contribution is 2.10. The Morgan fingerprint density at radius 1 is 1.33 bits per heavy atom. The maximum atomic E-state index is 12.6. The van der Waals surface area contributed by atoms with Crippen LogP contribution in [0.2, 0.25) is 0 Å². The van der Waals surface area contributed by atoms with E-state index in [4.69, 9.17) is 10.5 Å². The molecule has 0 radical (unpaired) electrons. The monoisotopic (exact) mass is 276 g/mol. The Morgan fingerprint density at radius 3 is 2.61 bits per heavy atom. The molecular formula is C12H18ClFN2O2. The van der Waals surface area contributed by atoms with E-state index in [-0.39, 0.29) is 37.2 Å². The zero-order valence-electron chi connectivity index (χ0n) is 10.0. The first-order valence-electron chi connectivity index (χ1n) is 5.57. The van der Waals surface area contributed by atoms with Crippen LogP contribution in [0.25, 0.3) is 0 Å². The predicted molar refractivity (Wildman–Crippen MR) is 70.4 cm³/mol. The number of nitrogens with one attached hydrogen (secondary N) is 1. The minimum atomic E-state index is -0.308. The molecule has 0 aliphatic carbocycles. The molecule has 0 aliphatic rings. The van der Waals surface area contributed by atoms with Gasteiger partial charge < -0.3 is 15.8 Å². The molecule has 0 saturated heterocycles. The average molecular weight is 277 g/mol. The summed E-state index contributed by atoms with van der Waals surface area (Å²) in [6.45, 7) is 1.43. The van der Waals surface area contributed by atoms with E-state index >= 15 is 0 Å². The molecule has 0 aromatic heterocycles. The van der Waals surface area contributed by atoms with Crippen LogP contribution in [-0.4, -0.2) is 25.6 Å². The zero-order chi connectivity index (χ0) is 12.5. The highest BCUT2D eigenvalue weighted by molar-refractivity contribution is 5.85. The largest absolute Gasteiger partial charge is 0.493 e. The molecule has 0 saturated carbocycles. The van der Waals surface area contributed by atoms with Gasteiger partial charge in [-0.05, 0) is 37.2 Å². The molecule has 1 rings (SSSR count). The van der Waals surface area contributed by atoms with Gasteiger partial charge in [-0.15, -0.1) is 12.4 Å². The summed E-state index contributed by atoms with van der Waals surface area (Å²) in [5, 5.41) is 2.72. The van der Waals surface area contributed by atoms with E-state index in [1.54, 1.807) is 0 Å². The number of hydrogen-bond donors (Lipinski definition) is 2. The topological polar surface area (TPSA) is 64.3 Å². The molecule has 18 heavy (non-hydrogen) atoms. The second-order valence-corrected chi connectivity index (χ2v) is 3.54. The number of carbonyl (C=O) groups excluding carboxylic acids is 1. The maximum Gasteiger partial charge on any atom is 0.223 e. The standard InChI is InChI=1S/C12H17FN2O2.ClH/c13-10-2-4-11(5-3-10)17-9-6-12(16)15-8-1-7-14;/h2-5H,1,6-9,14H2,(H,15,16);1H. The lowest BCUT2D eigenvalue weighted by atomic mass is 10.3. The van der Waals surface area contributed by atoms with E-state index < -0.39 is 0 Å². The Bertz CT molecular complexity index is 346. The molecule has 1 aromatic rings. The van der Waals surface area contributed by atoms with E-state index in [2.05, 4.69) is 5.32 Å². The van der Waals surface area contributed by atoms with Crippen molar-refractivity contribution in [3.8, 4) is 5.75 Å². The smallest absolute Gasteiger partial charge is 0.223 e. The molecule has 0 heterocycles. The van der Waals surface area contributed by atoms with Crippen LogP contribution in [0.4, 0.5) is 4.39 Å². The van der Waals surface area contributed by atoms with Crippen LogP contribution in [0.5, 0.6) is 5.75 Å². The molecule has 4 nitrogen and oxygen atoms in total. The van der Waals surface area contributed by atoms with Gasteiger partial charge in [-0.2, -0.15) is 0 Å². The quantitative estimate of drug-likeness (QED) is 0.742. The molecule has 102 valence electrons. The number of nitrogens with two attached hydrogens (primary N) is 1. The summed E-state index contributed by atoms with van der Waals surface area (Å²) in [4.78, 5) is 11.3. The van der Waals surface area contributed by atoms with Crippen LogP contribution < -0.4 is 15.8 Å². The van der Waals surface area contributed by atoms with E-state index in [1.807, 2.05) is 0 Å². The Labute approximate surface area is 112 Å². The Hall–Kier alpha value is -1.33. The molecule has 6 heteroatoms. The molecule has 3 N–H and O–H groups in total. The van der Waals surface area contributed by atoms with Crippen molar-refractivity contribution in [2.24, 2.45) is 5.73 Å². The van der Waals surface area contributed by atoms with Crippen LogP contribution in [0, 0.1) is 5.82 Å². The summed E-state index contributed by atoms with van der Waals surface area (Å²) in [6.07, 6.45) is 1.05. The summed E-state index contributed by atoms with van der Waals surface area (Å²) in [7, 11) is 0. The molecule has 0 unspecified atom stereocenters. The zero-order valence-corrected chi connectivity index (χ0v) is 10.8. The summed E-state index contributed by atoms with van der Waals surface area (Å²) in [5.74, 6) is 0.179. The van der Waals surface area contributed by atoms with Gasteiger partial charge in [-0.3, -0.25) is 4.79 Å². The first kappa shape index (κ1) is 16.7. The van der Waals surface area contributed by atoms with Gasteiger partial charge in [-0.1, -0.05) is 0 Å². The van der Waals surface area contributed by atoms with E-state index in [0.717, 1.165) is 6.42 Å². The van der Waals surface area contributed by atoms with E-state index in [0.29, 0.717) is 18.8 Å². The Morgan fingerprint density at radius 2 is 2.00 bits per heavy atom. The number of hydrogen-bond acceptors (Lipinski definition) is 3. The summed E-state index contributed by atoms with van der Waals surface area (Å²) in [6, 6.07) is 5.69. The van der Waals surface area contributed by atoms with Crippen LogP contribution in [0.15, 0.2) is 24.3 Å². The van der Waals surface area contributed by atoms with Gasteiger partial charge in [-0.25, -0.2) is 4.39 Å². The predicted octanol–water partition coefficient (Wildman–Crippen LogP) is 1.48. The fourth-order valence-corrected chi connectivity index (χ4v) is 1.21. The second kappa shape index (κ2) is 9.67. The summed E-state index contributed by atoms with van der Waals surface area (Å²) in [5.41, 5.74) is 5.30. The highest BCUT2D eigenvalue weighted by atomic mass is 35.5. The molecule has 0 bridgehead atoms. The number of amides is 1. The maximum absolute atomic E-state index is 12.6. The fourth-order valence-electron chi connectivity index (χ4n) is 1.21. The van der Waals surface area contributed by atoms with Crippen molar-refractivity contribution in [1.29, 1.82) is 0 Å². The third-order valence-electron chi connectivity index (χ3n) is 2.11. The highest BCUT2D eigenvalue weighted by Gasteiger charge is 2.01. The number of halogens is 2. The number of benzene rings is 1. The Kier molecular flexibility index (Phi) is 8.96. The van der Waals surface area contributed by atoms with E-state index in [1.165, 1.54) is 24.3 Å². The molecule has 0 spiro atoms. The van der Waals surface area contributed by atoms with Crippen molar-refractivity contribution in [2.75, 3.05) is 19.7 Å². The van der Waals surface area contributed by atoms with Gasteiger partial charge in [0.25, 0.3) is 0 Å². The van der Waals surface area contributed by atoms with Crippen LogP contribution >= 0.6 is 12.4 Å². The first-order chi connectivity index (χ1) is 8.22. The molecular weight excluding hydrogens is 259 g/mol. The van der Waals surface area contributed by atoms with Crippen LogP contribution in [-0.2, 0) is 4.79 Å². The lowest BCUT2D eigenvalue weighted by Gasteiger charge is -2.06. The van der Waals surface area contributed by atoms with Crippen molar-refractivity contribution >= 4 is 18.3 Å². The number of rotatable bonds is 7. The van der Waals surface area contributed by atoms with Gasteiger partial charge in [0.15, 0.2) is 0 Å². The summed E-state index contributed by atoms with van der Waals surface area (Å²) < 4.78 is 17.9. The molecule has 1 amide bonds.